The molecule has 1 aliphatic rings. The molecular formula is C16H24N2O. The molecule has 1 fully saturated rings. The minimum absolute atomic E-state index is 0.161. The van der Waals surface area contributed by atoms with E-state index in [1.54, 1.807) is 0 Å². The zero-order valence-corrected chi connectivity index (χ0v) is 11.9. The molecular weight excluding hydrogens is 236 g/mol. The summed E-state index contributed by atoms with van der Waals surface area (Å²) in [5.74, 6) is 1.48. The van der Waals surface area contributed by atoms with E-state index in [1.807, 2.05) is 24.3 Å². The average Bonchev–Trinajstić information content (AvgIpc) is 2.69. The van der Waals surface area contributed by atoms with Gasteiger partial charge in [0.2, 0.25) is 5.91 Å². The summed E-state index contributed by atoms with van der Waals surface area (Å²) >= 11 is 0. The van der Waals surface area contributed by atoms with Crippen LogP contribution < -0.4 is 11.1 Å². The second kappa shape index (κ2) is 6.09. The lowest BCUT2D eigenvalue weighted by atomic mass is 9.97. The summed E-state index contributed by atoms with van der Waals surface area (Å²) in [6.45, 7) is 4.50. The number of anilines is 1. The first kappa shape index (κ1) is 13.9. The van der Waals surface area contributed by atoms with Crippen LogP contribution in [0.1, 0.15) is 38.7 Å². The fourth-order valence-corrected chi connectivity index (χ4v) is 2.85. The molecule has 0 heterocycles. The third kappa shape index (κ3) is 3.72. The molecule has 19 heavy (non-hydrogen) atoms. The molecule has 3 atom stereocenters. The Balaban J connectivity index is 1.79. The number of nitrogens with one attached hydrogen (secondary N) is 1. The molecule has 3 N–H and O–H groups in total. The number of amides is 1. The standard InChI is InChI=1S/C16H24N2O/c1-11-6-8-15(12(11)2)18-16(19)9-7-13-4-3-5-14(17)10-13/h3-5,10-12,15H,6-9,17H2,1-2H3,(H,18,19). The molecule has 0 aliphatic heterocycles. The van der Waals surface area contributed by atoms with Crippen molar-refractivity contribution in [3.8, 4) is 0 Å². The van der Waals surface area contributed by atoms with Crippen molar-refractivity contribution in [2.45, 2.75) is 45.6 Å². The van der Waals surface area contributed by atoms with Crippen molar-refractivity contribution < 1.29 is 4.79 Å². The molecule has 1 aromatic carbocycles. The molecule has 3 unspecified atom stereocenters. The number of carbonyl (C=O) groups is 1. The molecule has 3 nitrogen and oxygen atoms in total. The fourth-order valence-electron chi connectivity index (χ4n) is 2.85. The van der Waals surface area contributed by atoms with Crippen molar-refractivity contribution in [3.63, 3.8) is 0 Å². The minimum atomic E-state index is 0.161. The highest BCUT2D eigenvalue weighted by molar-refractivity contribution is 5.76. The maximum atomic E-state index is 12.0. The van der Waals surface area contributed by atoms with Crippen LogP contribution in [0, 0.1) is 11.8 Å². The smallest absolute Gasteiger partial charge is 0.220 e. The molecule has 0 saturated heterocycles. The van der Waals surface area contributed by atoms with Gasteiger partial charge in [-0.3, -0.25) is 4.79 Å². The van der Waals surface area contributed by atoms with Crippen LogP contribution in [0.25, 0.3) is 0 Å². The quantitative estimate of drug-likeness (QED) is 0.818. The van der Waals surface area contributed by atoms with Gasteiger partial charge >= 0.3 is 0 Å². The molecule has 1 aliphatic carbocycles. The first-order valence-electron chi connectivity index (χ1n) is 7.20. The number of nitrogens with two attached hydrogens (primary N) is 1. The predicted octanol–water partition coefficient (Wildman–Crippen LogP) is 2.75. The molecule has 0 bridgehead atoms. The number of nitrogen functional groups attached to an aromatic ring is 1. The van der Waals surface area contributed by atoms with Gasteiger partial charge in [-0.1, -0.05) is 26.0 Å². The van der Waals surface area contributed by atoms with Gasteiger partial charge in [0.15, 0.2) is 0 Å². The number of rotatable bonds is 4. The number of carbonyl (C=O) groups excluding carboxylic acids is 1. The van der Waals surface area contributed by atoms with Crippen molar-refractivity contribution in [2.75, 3.05) is 5.73 Å². The Morgan fingerprint density at radius 2 is 2.16 bits per heavy atom. The highest BCUT2D eigenvalue weighted by atomic mass is 16.1. The molecule has 1 amide bonds. The molecule has 2 rings (SSSR count). The molecule has 0 aromatic heterocycles. The minimum Gasteiger partial charge on any atom is -0.399 e. The lowest BCUT2D eigenvalue weighted by Gasteiger charge is -2.19. The van der Waals surface area contributed by atoms with Crippen molar-refractivity contribution in [1.82, 2.24) is 5.32 Å². The van der Waals surface area contributed by atoms with Crippen molar-refractivity contribution >= 4 is 11.6 Å². The van der Waals surface area contributed by atoms with Gasteiger partial charge in [-0.2, -0.15) is 0 Å². The first-order valence-corrected chi connectivity index (χ1v) is 7.20. The van der Waals surface area contributed by atoms with Crippen LogP contribution >= 0.6 is 0 Å². The Labute approximate surface area is 115 Å². The predicted molar refractivity (Wildman–Crippen MR) is 78.7 cm³/mol. The van der Waals surface area contributed by atoms with E-state index in [-0.39, 0.29) is 5.91 Å². The van der Waals surface area contributed by atoms with Crippen LogP contribution in [-0.4, -0.2) is 11.9 Å². The van der Waals surface area contributed by atoms with Crippen molar-refractivity contribution in [3.05, 3.63) is 29.8 Å². The van der Waals surface area contributed by atoms with E-state index < -0.39 is 0 Å². The van der Waals surface area contributed by atoms with Crippen LogP contribution in [-0.2, 0) is 11.2 Å². The average molecular weight is 260 g/mol. The summed E-state index contributed by atoms with van der Waals surface area (Å²) in [4.78, 5) is 12.0. The second-order valence-corrected chi connectivity index (χ2v) is 5.83. The summed E-state index contributed by atoms with van der Waals surface area (Å²) in [7, 11) is 0. The maximum Gasteiger partial charge on any atom is 0.220 e. The second-order valence-electron chi connectivity index (χ2n) is 5.83. The third-order valence-corrected chi connectivity index (χ3v) is 4.40. The van der Waals surface area contributed by atoms with E-state index in [1.165, 1.54) is 6.42 Å². The number of hydrogen-bond acceptors (Lipinski definition) is 2. The normalized spacial score (nSPS) is 26.3. The van der Waals surface area contributed by atoms with Crippen LogP contribution in [0.2, 0.25) is 0 Å². The van der Waals surface area contributed by atoms with Crippen LogP contribution in [0.5, 0.6) is 0 Å². The van der Waals surface area contributed by atoms with E-state index in [2.05, 4.69) is 19.2 Å². The van der Waals surface area contributed by atoms with Crippen LogP contribution in [0.3, 0.4) is 0 Å². The zero-order valence-electron chi connectivity index (χ0n) is 11.9. The van der Waals surface area contributed by atoms with Crippen LogP contribution in [0.15, 0.2) is 24.3 Å². The van der Waals surface area contributed by atoms with Gasteiger partial charge < -0.3 is 11.1 Å². The van der Waals surface area contributed by atoms with E-state index in [0.29, 0.717) is 18.4 Å². The van der Waals surface area contributed by atoms with Gasteiger partial charge in [-0.25, -0.2) is 0 Å². The molecule has 0 radical (unpaired) electrons. The van der Waals surface area contributed by atoms with Gasteiger partial charge in [0.05, 0.1) is 0 Å². The summed E-state index contributed by atoms with van der Waals surface area (Å²) in [5.41, 5.74) is 7.62. The van der Waals surface area contributed by atoms with Gasteiger partial charge in [-0.05, 0) is 48.8 Å². The first-order chi connectivity index (χ1) is 9.06. The molecule has 1 saturated carbocycles. The third-order valence-electron chi connectivity index (χ3n) is 4.40. The number of hydrogen-bond donors (Lipinski definition) is 2. The van der Waals surface area contributed by atoms with Crippen LogP contribution in [0.4, 0.5) is 5.69 Å². The summed E-state index contributed by atoms with van der Waals surface area (Å²) < 4.78 is 0. The van der Waals surface area contributed by atoms with E-state index >= 15 is 0 Å². The number of aryl methyl sites for hydroxylation is 1. The SMILES string of the molecule is CC1CCC(NC(=O)CCc2cccc(N)c2)C1C. The topological polar surface area (TPSA) is 55.1 Å². The molecule has 1 aromatic rings. The van der Waals surface area contributed by atoms with Crippen molar-refractivity contribution in [2.24, 2.45) is 11.8 Å². The van der Waals surface area contributed by atoms with Gasteiger partial charge in [-0.15, -0.1) is 0 Å². The Kier molecular flexibility index (Phi) is 4.46. The Bertz CT molecular complexity index is 444. The Morgan fingerprint density at radius 3 is 2.79 bits per heavy atom. The Morgan fingerprint density at radius 1 is 1.37 bits per heavy atom. The van der Waals surface area contributed by atoms with E-state index in [9.17, 15) is 4.79 Å². The van der Waals surface area contributed by atoms with Gasteiger partial charge in [0, 0.05) is 18.2 Å². The molecule has 3 heteroatoms. The molecule has 104 valence electrons. The number of benzene rings is 1. The highest BCUT2D eigenvalue weighted by Gasteiger charge is 2.30. The highest BCUT2D eigenvalue weighted by Crippen LogP contribution is 2.31. The Hall–Kier alpha value is -1.51. The zero-order chi connectivity index (χ0) is 13.8. The maximum absolute atomic E-state index is 12.0. The summed E-state index contributed by atoms with van der Waals surface area (Å²) in [6, 6.07) is 8.12. The van der Waals surface area contributed by atoms with E-state index in [4.69, 9.17) is 5.73 Å². The lowest BCUT2D eigenvalue weighted by Crippen LogP contribution is -2.37. The fraction of sp³-hybridized carbons (Fsp3) is 0.562. The monoisotopic (exact) mass is 260 g/mol. The lowest BCUT2D eigenvalue weighted by molar-refractivity contribution is -0.122. The molecule has 0 spiro atoms. The van der Waals surface area contributed by atoms with E-state index in [0.717, 1.165) is 30.0 Å². The summed E-state index contributed by atoms with van der Waals surface area (Å²) in [5, 5.41) is 3.17. The van der Waals surface area contributed by atoms with Crippen molar-refractivity contribution in [1.29, 1.82) is 0 Å². The largest absolute Gasteiger partial charge is 0.399 e. The summed E-state index contributed by atoms with van der Waals surface area (Å²) in [6.07, 6.45) is 3.64. The van der Waals surface area contributed by atoms with Gasteiger partial charge in [0.25, 0.3) is 0 Å². The van der Waals surface area contributed by atoms with Gasteiger partial charge in [0.1, 0.15) is 0 Å².